The van der Waals surface area contributed by atoms with Crippen molar-refractivity contribution in [1.82, 2.24) is 5.32 Å². The van der Waals surface area contributed by atoms with E-state index in [1.807, 2.05) is 6.07 Å². The van der Waals surface area contributed by atoms with E-state index in [0.29, 0.717) is 0 Å². The zero-order valence-electron chi connectivity index (χ0n) is 13.5. The SMILES string of the molecule is Cc1ccc2c(c1)SC(C(=O)NCCCCc1ccccc1)C2. The molecule has 0 fully saturated rings. The number of amides is 1. The van der Waals surface area contributed by atoms with Gasteiger partial charge in [0.2, 0.25) is 5.91 Å². The topological polar surface area (TPSA) is 29.1 Å². The largest absolute Gasteiger partial charge is 0.355 e. The molecule has 0 aliphatic carbocycles. The minimum atomic E-state index is 0.0425. The van der Waals surface area contributed by atoms with E-state index in [1.54, 1.807) is 11.8 Å². The Bertz CT molecular complexity index is 669. The zero-order chi connectivity index (χ0) is 16.1. The quantitative estimate of drug-likeness (QED) is 0.808. The van der Waals surface area contributed by atoms with Crippen molar-refractivity contribution in [3.8, 4) is 0 Å². The van der Waals surface area contributed by atoms with E-state index in [0.717, 1.165) is 32.2 Å². The Morgan fingerprint density at radius 2 is 2.00 bits per heavy atom. The first-order valence-corrected chi connectivity index (χ1v) is 9.18. The van der Waals surface area contributed by atoms with Gasteiger partial charge in [-0.2, -0.15) is 0 Å². The minimum absolute atomic E-state index is 0.0425. The molecule has 120 valence electrons. The van der Waals surface area contributed by atoms with Crippen molar-refractivity contribution >= 4 is 17.7 Å². The number of carbonyl (C=O) groups excluding carboxylic acids is 1. The monoisotopic (exact) mass is 325 g/mol. The number of rotatable bonds is 6. The second-order valence-electron chi connectivity index (χ2n) is 6.16. The molecule has 0 saturated heterocycles. The molecule has 2 nitrogen and oxygen atoms in total. The van der Waals surface area contributed by atoms with Gasteiger partial charge in [-0.05, 0) is 49.8 Å². The molecule has 1 heterocycles. The first-order chi connectivity index (χ1) is 11.2. The molecule has 1 aliphatic rings. The summed E-state index contributed by atoms with van der Waals surface area (Å²) in [6.07, 6.45) is 4.08. The van der Waals surface area contributed by atoms with Crippen molar-refractivity contribution in [2.75, 3.05) is 6.54 Å². The van der Waals surface area contributed by atoms with Gasteiger partial charge in [0.05, 0.1) is 5.25 Å². The first-order valence-electron chi connectivity index (χ1n) is 8.30. The van der Waals surface area contributed by atoms with Crippen LogP contribution < -0.4 is 5.32 Å². The number of hydrogen-bond donors (Lipinski definition) is 1. The Morgan fingerprint density at radius 3 is 2.83 bits per heavy atom. The van der Waals surface area contributed by atoms with Crippen molar-refractivity contribution in [3.05, 3.63) is 65.2 Å². The normalized spacial score (nSPS) is 16.1. The van der Waals surface area contributed by atoms with E-state index in [4.69, 9.17) is 0 Å². The fourth-order valence-electron chi connectivity index (χ4n) is 2.91. The Labute approximate surface area is 142 Å². The van der Waals surface area contributed by atoms with Crippen LogP contribution in [0.5, 0.6) is 0 Å². The van der Waals surface area contributed by atoms with Crippen LogP contribution in [0.2, 0.25) is 0 Å². The summed E-state index contributed by atoms with van der Waals surface area (Å²) in [7, 11) is 0. The standard InChI is InChI=1S/C20H23NOS/c1-15-10-11-17-14-19(23-18(17)13-15)20(22)21-12-6-5-9-16-7-3-2-4-8-16/h2-4,7-8,10-11,13,19H,5-6,9,12,14H2,1H3,(H,21,22). The summed E-state index contributed by atoms with van der Waals surface area (Å²) in [5, 5.41) is 3.14. The number of fused-ring (bicyclic) bond motifs is 1. The highest BCUT2D eigenvalue weighted by molar-refractivity contribution is 8.01. The van der Waals surface area contributed by atoms with E-state index in [2.05, 4.69) is 54.7 Å². The molecule has 0 bridgehead atoms. The second-order valence-corrected chi connectivity index (χ2v) is 7.40. The Kier molecular flexibility index (Phi) is 5.39. The molecular formula is C20H23NOS. The number of benzene rings is 2. The Hall–Kier alpha value is -1.74. The molecule has 0 aromatic heterocycles. The van der Waals surface area contributed by atoms with Gasteiger partial charge < -0.3 is 5.32 Å². The van der Waals surface area contributed by atoms with Crippen LogP contribution in [-0.4, -0.2) is 17.7 Å². The maximum absolute atomic E-state index is 12.3. The fourth-order valence-corrected chi connectivity index (χ4v) is 4.22. The molecule has 3 heteroatoms. The third-order valence-corrected chi connectivity index (χ3v) is 5.52. The van der Waals surface area contributed by atoms with Crippen molar-refractivity contribution in [1.29, 1.82) is 0 Å². The number of thioether (sulfide) groups is 1. The minimum Gasteiger partial charge on any atom is -0.355 e. The van der Waals surface area contributed by atoms with E-state index < -0.39 is 0 Å². The van der Waals surface area contributed by atoms with E-state index in [9.17, 15) is 4.79 Å². The van der Waals surface area contributed by atoms with E-state index >= 15 is 0 Å². The summed E-state index contributed by atoms with van der Waals surface area (Å²) >= 11 is 1.71. The Balaban J connectivity index is 1.38. The fraction of sp³-hybridized carbons (Fsp3) is 0.350. The third kappa shape index (κ3) is 4.38. The highest BCUT2D eigenvalue weighted by Gasteiger charge is 2.27. The molecule has 2 aromatic rings. The van der Waals surface area contributed by atoms with Crippen LogP contribution in [-0.2, 0) is 17.6 Å². The van der Waals surface area contributed by atoms with Crippen LogP contribution in [0, 0.1) is 6.92 Å². The summed E-state index contributed by atoms with van der Waals surface area (Å²) < 4.78 is 0. The molecule has 1 atom stereocenters. The molecule has 2 aromatic carbocycles. The van der Waals surface area contributed by atoms with E-state index in [1.165, 1.54) is 21.6 Å². The Morgan fingerprint density at radius 1 is 1.17 bits per heavy atom. The lowest BCUT2D eigenvalue weighted by molar-refractivity contribution is -0.120. The number of unbranched alkanes of at least 4 members (excludes halogenated alkanes) is 1. The van der Waals surface area contributed by atoms with Gasteiger partial charge in [-0.3, -0.25) is 4.79 Å². The molecule has 1 N–H and O–H groups in total. The van der Waals surface area contributed by atoms with Crippen molar-refractivity contribution < 1.29 is 4.79 Å². The summed E-state index contributed by atoms with van der Waals surface area (Å²) in [6.45, 7) is 2.87. The molecule has 3 rings (SSSR count). The van der Waals surface area contributed by atoms with Crippen LogP contribution in [0.15, 0.2) is 53.4 Å². The predicted molar refractivity (Wildman–Crippen MR) is 96.9 cm³/mol. The highest BCUT2D eigenvalue weighted by atomic mass is 32.2. The van der Waals surface area contributed by atoms with Gasteiger partial charge in [0.1, 0.15) is 0 Å². The lowest BCUT2D eigenvalue weighted by Gasteiger charge is -2.09. The van der Waals surface area contributed by atoms with Gasteiger partial charge in [0.25, 0.3) is 0 Å². The summed E-state index contributed by atoms with van der Waals surface area (Å²) in [5.74, 6) is 0.184. The van der Waals surface area contributed by atoms with Gasteiger partial charge in [0, 0.05) is 11.4 Å². The van der Waals surface area contributed by atoms with Crippen molar-refractivity contribution in [2.24, 2.45) is 0 Å². The molecule has 1 unspecified atom stereocenters. The molecule has 1 amide bonds. The van der Waals surface area contributed by atoms with Gasteiger partial charge in [-0.15, -0.1) is 11.8 Å². The highest BCUT2D eigenvalue weighted by Crippen LogP contribution is 2.37. The summed E-state index contributed by atoms with van der Waals surface area (Å²) in [6, 6.07) is 17.0. The average molecular weight is 325 g/mol. The predicted octanol–water partition coefficient (Wildman–Crippen LogP) is 4.15. The molecular weight excluding hydrogens is 302 g/mol. The zero-order valence-corrected chi connectivity index (χ0v) is 14.4. The van der Waals surface area contributed by atoms with Crippen LogP contribution >= 0.6 is 11.8 Å². The number of hydrogen-bond acceptors (Lipinski definition) is 2. The van der Waals surface area contributed by atoms with Gasteiger partial charge in [-0.1, -0.05) is 48.0 Å². The van der Waals surface area contributed by atoms with Gasteiger partial charge in [-0.25, -0.2) is 0 Å². The third-order valence-electron chi connectivity index (χ3n) is 4.22. The van der Waals surface area contributed by atoms with Crippen LogP contribution in [0.3, 0.4) is 0 Å². The van der Waals surface area contributed by atoms with Crippen molar-refractivity contribution in [3.63, 3.8) is 0 Å². The number of nitrogens with one attached hydrogen (secondary N) is 1. The lowest BCUT2D eigenvalue weighted by Crippen LogP contribution is -2.33. The lowest BCUT2D eigenvalue weighted by atomic mass is 10.1. The average Bonchev–Trinajstić information content (AvgIpc) is 2.98. The van der Waals surface area contributed by atoms with E-state index in [-0.39, 0.29) is 11.2 Å². The number of carbonyl (C=O) groups is 1. The van der Waals surface area contributed by atoms with Crippen LogP contribution in [0.4, 0.5) is 0 Å². The summed E-state index contributed by atoms with van der Waals surface area (Å²) in [4.78, 5) is 13.6. The smallest absolute Gasteiger partial charge is 0.233 e. The summed E-state index contributed by atoms with van der Waals surface area (Å²) in [5.41, 5.74) is 3.94. The van der Waals surface area contributed by atoms with Gasteiger partial charge >= 0.3 is 0 Å². The second kappa shape index (κ2) is 7.69. The molecule has 0 radical (unpaired) electrons. The van der Waals surface area contributed by atoms with Gasteiger partial charge in [0.15, 0.2) is 0 Å². The first kappa shape index (κ1) is 16.1. The maximum Gasteiger partial charge on any atom is 0.233 e. The molecule has 0 saturated carbocycles. The van der Waals surface area contributed by atoms with Crippen LogP contribution in [0.25, 0.3) is 0 Å². The maximum atomic E-state index is 12.3. The molecule has 1 aliphatic heterocycles. The molecule has 0 spiro atoms. The van der Waals surface area contributed by atoms with Crippen LogP contribution in [0.1, 0.15) is 29.5 Å². The molecule has 23 heavy (non-hydrogen) atoms. The number of aryl methyl sites for hydroxylation is 2. The van der Waals surface area contributed by atoms with Crippen molar-refractivity contribution in [2.45, 2.75) is 42.8 Å².